The summed E-state index contributed by atoms with van der Waals surface area (Å²) in [7, 11) is 0. The van der Waals surface area contributed by atoms with Crippen LogP contribution in [0, 0.1) is 0 Å². The summed E-state index contributed by atoms with van der Waals surface area (Å²) >= 11 is 0. The molecule has 1 N–H and O–H groups in total. The van der Waals surface area contributed by atoms with Crippen LogP contribution in [0.1, 0.15) is 33.1 Å². The van der Waals surface area contributed by atoms with Crippen LogP contribution < -0.4 is 0 Å². The lowest BCUT2D eigenvalue weighted by molar-refractivity contribution is -0.299. The zero-order chi connectivity index (χ0) is 21.3. The highest BCUT2D eigenvalue weighted by Gasteiger charge is 2.53. The predicted molar refractivity (Wildman–Crippen MR) is 74.2 cm³/mol. The van der Waals surface area contributed by atoms with E-state index in [4.69, 9.17) is 29.2 Å². The van der Waals surface area contributed by atoms with E-state index in [1.165, 1.54) is 0 Å². The third-order valence-corrected chi connectivity index (χ3v) is 2.82. The Morgan fingerprint density at radius 3 is 1.79 bits per heavy atom. The molecule has 1 rings (SSSR count). The highest BCUT2D eigenvalue weighted by molar-refractivity contribution is 5.69. The van der Waals surface area contributed by atoms with E-state index >= 15 is 0 Å². The Balaban J connectivity index is 3.30. The second kappa shape index (κ2) is 8.60. The van der Waals surface area contributed by atoms with Gasteiger partial charge in [-0.05, 0) is 0 Å². The fourth-order valence-electron chi connectivity index (χ4n) is 2.11. The van der Waals surface area contributed by atoms with Crippen molar-refractivity contribution in [3.8, 4) is 0 Å². The van der Waals surface area contributed by atoms with E-state index in [1.54, 1.807) is 0 Å². The molecule has 0 aromatic heterocycles. The number of carbonyl (C=O) groups excluding carboxylic acids is 4. The molecule has 136 valence electrons. The number of aliphatic hydroxyl groups is 1. The Labute approximate surface area is 143 Å². The van der Waals surface area contributed by atoms with Gasteiger partial charge in [0.15, 0.2) is 12.2 Å². The van der Waals surface area contributed by atoms with Crippen LogP contribution in [0.3, 0.4) is 0 Å². The summed E-state index contributed by atoms with van der Waals surface area (Å²) < 4.78 is 53.2. The van der Waals surface area contributed by atoms with Gasteiger partial charge in [0.25, 0.3) is 0 Å². The average molecular weight is 352 g/mol. The Morgan fingerprint density at radius 2 is 1.29 bits per heavy atom. The van der Waals surface area contributed by atoms with Crippen molar-refractivity contribution in [2.75, 3.05) is 6.61 Å². The summed E-state index contributed by atoms with van der Waals surface area (Å²) in [6, 6.07) is 0. The summed E-state index contributed by atoms with van der Waals surface area (Å²) in [5, 5.41) is 9.52. The van der Waals surface area contributed by atoms with E-state index in [1.807, 2.05) is 0 Å². The largest absolute Gasteiger partial charge is 0.456 e. The molecule has 5 atom stereocenters. The van der Waals surface area contributed by atoms with Crippen molar-refractivity contribution in [1.29, 1.82) is 0 Å². The lowest BCUT2D eigenvalue weighted by Crippen LogP contribution is -2.62. The first kappa shape index (κ1) is 14.2. The number of hydrogen-bond acceptors (Lipinski definition) is 10. The van der Waals surface area contributed by atoms with Gasteiger partial charge in [0.2, 0.25) is 12.4 Å². The van der Waals surface area contributed by atoms with Crippen molar-refractivity contribution in [2.24, 2.45) is 0 Å². The van der Waals surface area contributed by atoms with E-state index in [2.05, 4.69) is 0 Å². The van der Waals surface area contributed by atoms with Gasteiger partial charge in [-0.15, -0.1) is 0 Å². The summed E-state index contributed by atoms with van der Waals surface area (Å²) in [6.45, 7) is -4.15. The van der Waals surface area contributed by atoms with Crippen LogP contribution in [-0.2, 0) is 42.9 Å². The Kier molecular flexibility index (Phi) is 5.07. The smallest absolute Gasteiger partial charge is 0.305 e. The molecule has 1 heterocycles. The quantitative estimate of drug-likeness (QED) is 0.488. The van der Waals surface area contributed by atoms with Crippen molar-refractivity contribution in [2.45, 2.75) is 58.3 Å². The van der Waals surface area contributed by atoms with Gasteiger partial charge in [-0.2, -0.15) is 0 Å². The zero-order valence-corrected chi connectivity index (χ0v) is 12.5. The maximum absolute atomic E-state index is 11.7. The van der Waals surface area contributed by atoms with Gasteiger partial charge in [-0.1, -0.05) is 0 Å². The number of rotatable bonds is 5. The minimum absolute atomic E-state index is 0.807. The van der Waals surface area contributed by atoms with Gasteiger partial charge in [0.05, 0.1) is 6.61 Å². The molecule has 0 aliphatic carbocycles. The zero-order valence-electron chi connectivity index (χ0n) is 16.5. The van der Waals surface area contributed by atoms with Crippen LogP contribution >= 0.6 is 0 Å². The van der Waals surface area contributed by atoms with Crippen LogP contribution in [0.15, 0.2) is 0 Å². The van der Waals surface area contributed by atoms with Gasteiger partial charge in [0.1, 0.15) is 6.10 Å². The van der Waals surface area contributed by atoms with Crippen molar-refractivity contribution < 1.29 is 53.5 Å². The van der Waals surface area contributed by atoms with E-state index in [0.29, 0.717) is 0 Å². The first-order valence-corrected chi connectivity index (χ1v) is 6.52. The molecule has 0 aromatic carbocycles. The average Bonchev–Trinajstić information content (AvgIpc) is 2.70. The van der Waals surface area contributed by atoms with Crippen LogP contribution in [0.2, 0.25) is 0 Å². The number of ether oxygens (including phenoxy) is 5. The monoisotopic (exact) mass is 352 g/mol. The third-order valence-electron chi connectivity index (χ3n) is 2.82. The van der Waals surface area contributed by atoms with Gasteiger partial charge in [0, 0.05) is 33.1 Å². The second-order valence-corrected chi connectivity index (χ2v) is 4.58. The van der Waals surface area contributed by atoms with E-state index in [9.17, 15) is 24.3 Å². The van der Waals surface area contributed by atoms with Crippen molar-refractivity contribution in [3.05, 3.63) is 0 Å². The molecule has 1 fully saturated rings. The van der Waals surface area contributed by atoms with E-state index in [0.717, 1.165) is 0 Å². The molecule has 0 spiro atoms. The summed E-state index contributed by atoms with van der Waals surface area (Å²) in [5.74, 6) is -4.42. The van der Waals surface area contributed by atoms with Gasteiger partial charge >= 0.3 is 23.9 Å². The Bertz CT molecular complexity index is 574. The fourth-order valence-corrected chi connectivity index (χ4v) is 2.11. The minimum atomic E-state index is -1.75. The number of carbonyl (C=O) groups is 4. The standard InChI is InChI=1S/C14H20O10/c1-6(16)20-11-10(5-15)24-14(23-9(4)19)13(22-8(3)18)12(11)21-7(2)17/h10-15H,5H2,1-4H3/t10-,11-,12+,13-,14?/m1/s1/i1D,2D,3D,4D. The molecular weight excluding hydrogens is 328 g/mol. The van der Waals surface area contributed by atoms with Crippen LogP contribution in [0.5, 0.6) is 0 Å². The van der Waals surface area contributed by atoms with Crippen molar-refractivity contribution >= 4 is 23.9 Å². The molecule has 10 nitrogen and oxygen atoms in total. The predicted octanol–water partition coefficient (Wildman–Crippen LogP) is -0.938. The van der Waals surface area contributed by atoms with Gasteiger partial charge in [-0.3, -0.25) is 19.2 Å². The van der Waals surface area contributed by atoms with Crippen molar-refractivity contribution in [1.82, 2.24) is 0 Å². The molecule has 1 aliphatic heterocycles. The molecule has 1 aliphatic rings. The molecule has 0 aromatic rings. The van der Waals surface area contributed by atoms with Crippen molar-refractivity contribution in [3.63, 3.8) is 0 Å². The minimum Gasteiger partial charge on any atom is -0.456 e. The summed E-state index contributed by atoms with van der Waals surface area (Å²) in [6.07, 6.45) is -8.10. The molecule has 1 saturated heterocycles. The molecule has 24 heavy (non-hydrogen) atoms. The normalized spacial score (nSPS) is 31.5. The highest BCUT2D eigenvalue weighted by Crippen LogP contribution is 2.29. The topological polar surface area (TPSA) is 135 Å². The van der Waals surface area contributed by atoms with E-state index < -0.39 is 88.8 Å². The molecular formula is C14H20O10. The number of aliphatic hydroxyl groups excluding tert-OH is 1. The Hall–Kier alpha value is -2.20. The lowest BCUT2D eigenvalue weighted by atomic mass is 9.98. The third kappa shape index (κ3) is 5.46. The summed E-state index contributed by atoms with van der Waals surface area (Å²) in [4.78, 5) is 46.3. The van der Waals surface area contributed by atoms with Crippen LogP contribution in [-0.4, -0.2) is 66.3 Å². The van der Waals surface area contributed by atoms with Crippen LogP contribution in [0.25, 0.3) is 0 Å². The molecule has 1 unspecified atom stereocenters. The van der Waals surface area contributed by atoms with E-state index in [-0.39, 0.29) is 0 Å². The maximum Gasteiger partial charge on any atom is 0.305 e. The lowest BCUT2D eigenvalue weighted by Gasteiger charge is -2.43. The molecule has 0 bridgehead atoms. The van der Waals surface area contributed by atoms with Gasteiger partial charge in [-0.25, -0.2) is 0 Å². The molecule has 0 saturated carbocycles. The van der Waals surface area contributed by atoms with Crippen LogP contribution in [0.4, 0.5) is 0 Å². The molecule has 0 radical (unpaired) electrons. The molecule has 0 amide bonds. The maximum atomic E-state index is 11.7. The first-order chi connectivity index (χ1) is 13.3. The molecule has 10 heteroatoms. The number of esters is 4. The summed E-state index contributed by atoms with van der Waals surface area (Å²) in [5.41, 5.74) is 0. The SMILES string of the molecule is [2H]CC(=O)OC1O[C@H](CO)[C@@H](OC(=O)C[2H])[C@H](OC(=O)C[2H])[C@H]1OC(=O)C[2H]. The fraction of sp³-hybridized carbons (Fsp3) is 0.714. The highest BCUT2D eigenvalue weighted by atomic mass is 16.7. The Morgan fingerprint density at radius 1 is 0.833 bits per heavy atom. The second-order valence-electron chi connectivity index (χ2n) is 4.58. The number of hydrogen-bond donors (Lipinski definition) is 1. The van der Waals surface area contributed by atoms with Gasteiger partial charge < -0.3 is 28.8 Å². The first-order valence-electron chi connectivity index (χ1n) is 9.35.